The zero-order valence-electron chi connectivity index (χ0n) is 19.9. The summed E-state index contributed by atoms with van der Waals surface area (Å²) in [6, 6.07) is 22.6. The number of aromatic nitrogens is 1. The molecule has 35 heavy (non-hydrogen) atoms. The molecule has 1 aliphatic rings. The van der Waals surface area contributed by atoms with Crippen LogP contribution in [0.5, 0.6) is 5.75 Å². The van der Waals surface area contributed by atoms with E-state index >= 15 is 0 Å². The molecule has 3 N–H and O–H groups in total. The van der Waals surface area contributed by atoms with Crippen LogP contribution in [0.15, 0.2) is 72.9 Å². The second-order valence-electron chi connectivity index (χ2n) is 9.23. The van der Waals surface area contributed by atoms with Crippen LogP contribution < -0.4 is 10.1 Å². The summed E-state index contributed by atoms with van der Waals surface area (Å²) in [5, 5.41) is 23.8. The van der Waals surface area contributed by atoms with Gasteiger partial charge in [-0.3, -0.25) is 4.98 Å². The summed E-state index contributed by atoms with van der Waals surface area (Å²) < 4.78 is 6.53. The van der Waals surface area contributed by atoms with Gasteiger partial charge in [0.15, 0.2) is 0 Å². The average Bonchev–Trinajstić information content (AvgIpc) is 2.93. The molecule has 0 saturated carbocycles. The average molecular weight is 469 g/mol. The Morgan fingerprint density at radius 2 is 1.60 bits per heavy atom. The Morgan fingerprint density at radius 3 is 2.34 bits per heavy atom. The van der Waals surface area contributed by atoms with Gasteiger partial charge in [0.05, 0.1) is 25.3 Å². The molecule has 0 aliphatic carbocycles. The van der Waals surface area contributed by atoms with E-state index in [1.54, 1.807) is 0 Å². The molecule has 4 aromatic rings. The van der Waals surface area contributed by atoms with Crippen molar-refractivity contribution in [2.24, 2.45) is 0 Å². The molecule has 5 nitrogen and oxygen atoms in total. The summed E-state index contributed by atoms with van der Waals surface area (Å²) in [5.41, 5.74) is 6.61. The highest BCUT2D eigenvalue weighted by molar-refractivity contribution is 5.95. The van der Waals surface area contributed by atoms with E-state index in [4.69, 9.17) is 9.72 Å². The number of hydrogen-bond acceptors (Lipinski definition) is 5. The number of hydrogen-bond donors (Lipinski definition) is 3. The van der Waals surface area contributed by atoms with Crippen molar-refractivity contribution in [1.82, 2.24) is 10.3 Å². The molecule has 1 aromatic heterocycles. The second kappa shape index (κ2) is 11.0. The highest BCUT2D eigenvalue weighted by atomic mass is 16.5. The van der Waals surface area contributed by atoms with E-state index in [0.29, 0.717) is 12.6 Å². The SMILES string of the molecule is OCc1cccc(-c2ccc3ncc(-c4cccc(CO)c4)c(OCC[C@H]4CCCCN4)c3c2)c1. The molecular weight excluding hydrogens is 436 g/mol. The lowest BCUT2D eigenvalue weighted by Crippen LogP contribution is -2.35. The Hall–Kier alpha value is -3.25. The van der Waals surface area contributed by atoms with Crippen molar-refractivity contribution in [2.45, 2.75) is 44.9 Å². The lowest BCUT2D eigenvalue weighted by Gasteiger charge is -2.24. The number of fused-ring (bicyclic) bond motifs is 1. The van der Waals surface area contributed by atoms with Crippen molar-refractivity contribution in [3.63, 3.8) is 0 Å². The van der Waals surface area contributed by atoms with Crippen LogP contribution in [0.4, 0.5) is 0 Å². The van der Waals surface area contributed by atoms with Gasteiger partial charge in [0.2, 0.25) is 0 Å². The molecule has 0 radical (unpaired) electrons. The maximum Gasteiger partial charge on any atom is 0.138 e. The van der Waals surface area contributed by atoms with Crippen molar-refractivity contribution in [2.75, 3.05) is 13.2 Å². The first-order valence-electron chi connectivity index (χ1n) is 12.4. The third kappa shape index (κ3) is 5.38. The number of rotatable bonds is 8. The number of ether oxygens (including phenoxy) is 1. The van der Waals surface area contributed by atoms with Gasteiger partial charge in [-0.1, -0.05) is 48.9 Å². The van der Waals surface area contributed by atoms with Gasteiger partial charge in [-0.2, -0.15) is 0 Å². The van der Waals surface area contributed by atoms with E-state index in [1.165, 1.54) is 19.3 Å². The molecule has 0 unspecified atom stereocenters. The molecule has 1 fully saturated rings. The Morgan fingerprint density at radius 1 is 0.857 bits per heavy atom. The molecule has 0 bridgehead atoms. The number of aliphatic hydroxyl groups is 2. The predicted octanol–water partition coefficient (Wildman–Crippen LogP) is 5.46. The number of aliphatic hydroxyl groups excluding tert-OH is 2. The molecule has 0 spiro atoms. The molecule has 1 saturated heterocycles. The summed E-state index contributed by atoms with van der Waals surface area (Å²) in [4.78, 5) is 4.75. The predicted molar refractivity (Wildman–Crippen MR) is 140 cm³/mol. The maximum atomic E-state index is 9.67. The molecule has 1 atom stereocenters. The van der Waals surface area contributed by atoms with E-state index in [0.717, 1.165) is 63.0 Å². The van der Waals surface area contributed by atoms with Crippen LogP contribution in [-0.2, 0) is 13.2 Å². The zero-order chi connectivity index (χ0) is 24.0. The minimum atomic E-state index is -0.0102. The van der Waals surface area contributed by atoms with Crippen LogP contribution in [0.1, 0.15) is 36.8 Å². The van der Waals surface area contributed by atoms with E-state index in [-0.39, 0.29) is 13.2 Å². The smallest absolute Gasteiger partial charge is 0.138 e. The van der Waals surface area contributed by atoms with Gasteiger partial charge in [0.25, 0.3) is 0 Å². The minimum absolute atomic E-state index is 0.0102. The van der Waals surface area contributed by atoms with Crippen LogP contribution in [0.3, 0.4) is 0 Å². The standard InChI is InChI=1S/C30H32N2O3/c33-19-21-5-3-7-23(15-21)24-10-11-29-27(17-24)30(35-14-12-26-9-1-2-13-31-26)28(18-32-29)25-8-4-6-22(16-25)20-34/h3-8,10-11,15-18,26,31,33-34H,1-2,9,12-14,19-20H2/t26-/m1/s1. The van der Waals surface area contributed by atoms with Crippen LogP contribution in [-0.4, -0.2) is 34.4 Å². The first-order valence-corrected chi connectivity index (χ1v) is 12.4. The number of pyridine rings is 1. The van der Waals surface area contributed by atoms with Gasteiger partial charge in [-0.25, -0.2) is 0 Å². The van der Waals surface area contributed by atoms with Crippen molar-refractivity contribution in [3.8, 4) is 28.0 Å². The number of nitrogens with zero attached hydrogens (tertiary/aromatic N) is 1. The number of benzene rings is 3. The van der Waals surface area contributed by atoms with E-state index in [2.05, 4.69) is 23.5 Å². The topological polar surface area (TPSA) is 74.6 Å². The maximum absolute atomic E-state index is 9.67. The van der Waals surface area contributed by atoms with Crippen LogP contribution >= 0.6 is 0 Å². The molecule has 1 aliphatic heterocycles. The summed E-state index contributed by atoms with van der Waals surface area (Å²) in [6.07, 6.45) is 6.54. The van der Waals surface area contributed by atoms with Crippen molar-refractivity contribution < 1.29 is 14.9 Å². The van der Waals surface area contributed by atoms with Gasteiger partial charge < -0.3 is 20.3 Å². The fourth-order valence-corrected chi connectivity index (χ4v) is 4.87. The summed E-state index contributed by atoms with van der Waals surface area (Å²) >= 11 is 0. The van der Waals surface area contributed by atoms with E-state index in [9.17, 15) is 10.2 Å². The van der Waals surface area contributed by atoms with Gasteiger partial charge >= 0.3 is 0 Å². The molecule has 180 valence electrons. The normalized spacial score (nSPS) is 15.9. The van der Waals surface area contributed by atoms with E-state index in [1.807, 2.05) is 54.7 Å². The second-order valence-corrected chi connectivity index (χ2v) is 9.23. The molecule has 5 heteroatoms. The number of nitrogens with one attached hydrogen (secondary N) is 1. The van der Waals surface area contributed by atoms with Crippen LogP contribution in [0.25, 0.3) is 33.2 Å². The Bertz CT molecular complexity index is 1290. The van der Waals surface area contributed by atoms with Crippen LogP contribution in [0.2, 0.25) is 0 Å². The molecule has 2 heterocycles. The third-order valence-electron chi connectivity index (χ3n) is 6.81. The van der Waals surface area contributed by atoms with Crippen molar-refractivity contribution in [3.05, 3.63) is 84.1 Å². The van der Waals surface area contributed by atoms with Gasteiger partial charge in [0, 0.05) is 23.2 Å². The summed E-state index contributed by atoms with van der Waals surface area (Å²) in [5.74, 6) is 0.820. The summed E-state index contributed by atoms with van der Waals surface area (Å²) in [6.45, 7) is 1.70. The molecule has 3 aromatic carbocycles. The monoisotopic (exact) mass is 468 g/mol. The Labute approximate surface area is 206 Å². The fraction of sp³-hybridized carbons (Fsp3) is 0.300. The van der Waals surface area contributed by atoms with Crippen LogP contribution in [0, 0.1) is 0 Å². The van der Waals surface area contributed by atoms with Gasteiger partial charge in [-0.15, -0.1) is 0 Å². The first kappa shape index (κ1) is 23.5. The van der Waals surface area contributed by atoms with E-state index < -0.39 is 0 Å². The quantitative estimate of drug-likeness (QED) is 0.320. The Kier molecular flexibility index (Phi) is 7.38. The highest BCUT2D eigenvalue weighted by Gasteiger charge is 2.17. The minimum Gasteiger partial charge on any atom is -0.492 e. The molecule has 0 amide bonds. The van der Waals surface area contributed by atoms with Crippen molar-refractivity contribution >= 4 is 10.9 Å². The largest absolute Gasteiger partial charge is 0.492 e. The highest BCUT2D eigenvalue weighted by Crippen LogP contribution is 2.38. The Balaban J connectivity index is 1.56. The molecule has 5 rings (SSSR count). The first-order chi connectivity index (χ1) is 17.2. The zero-order valence-corrected chi connectivity index (χ0v) is 19.9. The van der Waals surface area contributed by atoms with Gasteiger partial charge in [-0.05, 0) is 77.9 Å². The number of piperidine rings is 1. The molecular formula is C30H32N2O3. The lowest BCUT2D eigenvalue weighted by molar-refractivity contribution is 0.271. The summed E-state index contributed by atoms with van der Waals surface area (Å²) in [7, 11) is 0. The third-order valence-corrected chi connectivity index (χ3v) is 6.81. The fourth-order valence-electron chi connectivity index (χ4n) is 4.87. The van der Waals surface area contributed by atoms with Gasteiger partial charge in [0.1, 0.15) is 5.75 Å². The lowest BCUT2D eigenvalue weighted by atomic mass is 9.98. The van der Waals surface area contributed by atoms with Crippen molar-refractivity contribution in [1.29, 1.82) is 0 Å².